The van der Waals surface area contributed by atoms with Crippen molar-refractivity contribution in [3.8, 4) is 5.75 Å². The summed E-state index contributed by atoms with van der Waals surface area (Å²) in [5, 5.41) is 3.28. The van der Waals surface area contributed by atoms with E-state index in [1.54, 1.807) is 0 Å². The van der Waals surface area contributed by atoms with Crippen molar-refractivity contribution in [2.75, 3.05) is 13.7 Å². The van der Waals surface area contributed by atoms with Gasteiger partial charge in [0.15, 0.2) is 0 Å². The zero-order valence-electron chi connectivity index (χ0n) is 9.71. The van der Waals surface area contributed by atoms with Crippen molar-refractivity contribution in [1.82, 2.24) is 5.32 Å². The van der Waals surface area contributed by atoms with Crippen LogP contribution in [0.25, 0.3) is 0 Å². The lowest BCUT2D eigenvalue weighted by molar-refractivity contribution is 0.316. The van der Waals surface area contributed by atoms with Crippen LogP contribution in [0.1, 0.15) is 30.4 Å². The first-order valence-corrected chi connectivity index (χ1v) is 5.61. The quantitative estimate of drug-likeness (QED) is 0.818. The molecule has 1 aromatic rings. The summed E-state index contributed by atoms with van der Waals surface area (Å²) in [6.07, 6.45) is 1.15. The summed E-state index contributed by atoms with van der Waals surface area (Å²) < 4.78 is 5.68. The highest BCUT2D eigenvalue weighted by Gasteiger charge is 2.25. The standard InChI is InChI=1S/C13H19NO/c1-9-4-5-13-12(6-9)11(8-15-13)7-10(2)14-3/h4-6,10-11,14H,7-8H2,1-3H3. The second-order valence-corrected chi connectivity index (χ2v) is 4.47. The third kappa shape index (κ3) is 2.15. The summed E-state index contributed by atoms with van der Waals surface area (Å²) in [6, 6.07) is 7.01. The molecule has 1 heterocycles. The van der Waals surface area contributed by atoms with E-state index in [0.29, 0.717) is 12.0 Å². The van der Waals surface area contributed by atoms with Gasteiger partial charge in [-0.3, -0.25) is 0 Å². The first-order valence-electron chi connectivity index (χ1n) is 5.61. The van der Waals surface area contributed by atoms with E-state index in [4.69, 9.17) is 4.74 Å². The SMILES string of the molecule is CNC(C)CC1COc2ccc(C)cc21. The lowest BCUT2D eigenvalue weighted by Gasteiger charge is -2.15. The lowest BCUT2D eigenvalue weighted by atomic mass is 9.93. The minimum absolute atomic E-state index is 0.546. The van der Waals surface area contributed by atoms with E-state index in [1.165, 1.54) is 11.1 Å². The van der Waals surface area contributed by atoms with Crippen LogP contribution < -0.4 is 10.1 Å². The van der Waals surface area contributed by atoms with E-state index in [0.717, 1.165) is 18.8 Å². The number of fused-ring (bicyclic) bond motifs is 1. The highest BCUT2D eigenvalue weighted by Crippen LogP contribution is 2.36. The van der Waals surface area contributed by atoms with Gasteiger partial charge in [0.25, 0.3) is 0 Å². The van der Waals surface area contributed by atoms with Gasteiger partial charge in [0.2, 0.25) is 0 Å². The van der Waals surface area contributed by atoms with Gasteiger partial charge in [-0.25, -0.2) is 0 Å². The second-order valence-electron chi connectivity index (χ2n) is 4.47. The highest BCUT2D eigenvalue weighted by molar-refractivity contribution is 5.42. The summed E-state index contributed by atoms with van der Waals surface area (Å²) in [5.41, 5.74) is 2.71. The third-order valence-corrected chi connectivity index (χ3v) is 3.18. The molecule has 0 spiro atoms. The minimum Gasteiger partial charge on any atom is -0.493 e. The fraction of sp³-hybridized carbons (Fsp3) is 0.538. The summed E-state index contributed by atoms with van der Waals surface area (Å²) >= 11 is 0. The van der Waals surface area contributed by atoms with Crippen LogP contribution in [0.3, 0.4) is 0 Å². The Morgan fingerprint density at radius 3 is 3.07 bits per heavy atom. The second kappa shape index (κ2) is 4.23. The van der Waals surface area contributed by atoms with Gasteiger partial charge < -0.3 is 10.1 Å². The Labute approximate surface area is 91.6 Å². The molecule has 2 unspecified atom stereocenters. The van der Waals surface area contributed by atoms with Gasteiger partial charge in [-0.1, -0.05) is 17.7 Å². The largest absolute Gasteiger partial charge is 0.493 e. The van der Waals surface area contributed by atoms with Crippen LogP contribution >= 0.6 is 0 Å². The smallest absolute Gasteiger partial charge is 0.122 e. The van der Waals surface area contributed by atoms with Gasteiger partial charge in [0, 0.05) is 17.5 Å². The van der Waals surface area contributed by atoms with E-state index in [9.17, 15) is 0 Å². The van der Waals surface area contributed by atoms with Crippen molar-refractivity contribution >= 4 is 0 Å². The van der Waals surface area contributed by atoms with Gasteiger partial charge >= 0.3 is 0 Å². The van der Waals surface area contributed by atoms with Crippen LogP contribution in [0, 0.1) is 6.92 Å². The minimum atomic E-state index is 0.546. The molecule has 15 heavy (non-hydrogen) atoms. The molecule has 0 aliphatic carbocycles. The van der Waals surface area contributed by atoms with E-state index in [2.05, 4.69) is 37.4 Å². The van der Waals surface area contributed by atoms with Crippen LogP contribution in [0.4, 0.5) is 0 Å². The predicted molar refractivity (Wildman–Crippen MR) is 62.6 cm³/mol. The first-order chi connectivity index (χ1) is 7.20. The van der Waals surface area contributed by atoms with Crippen molar-refractivity contribution in [3.63, 3.8) is 0 Å². The van der Waals surface area contributed by atoms with E-state index in [-0.39, 0.29) is 0 Å². The van der Waals surface area contributed by atoms with Crippen LogP contribution in [-0.4, -0.2) is 19.7 Å². The molecule has 1 aliphatic heterocycles. The average Bonchev–Trinajstić information content (AvgIpc) is 2.61. The van der Waals surface area contributed by atoms with Crippen LogP contribution in [-0.2, 0) is 0 Å². The number of benzene rings is 1. The molecule has 0 radical (unpaired) electrons. The third-order valence-electron chi connectivity index (χ3n) is 3.18. The summed E-state index contributed by atoms with van der Waals surface area (Å²) in [5.74, 6) is 1.64. The first kappa shape index (κ1) is 10.5. The number of ether oxygens (including phenoxy) is 1. The maximum Gasteiger partial charge on any atom is 0.122 e. The molecule has 0 saturated carbocycles. The molecule has 1 N–H and O–H groups in total. The lowest BCUT2D eigenvalue weighted by Crippen LogP contribution is -2.24. The maximum atomic E-state index is 5.68. The Kier molecular flexibility index (Phi) is 2.96. The molecule has 1 aromatic carbocycles. The van der Waals surface area contributed by atoms with Crippen molar-refractivity contribution in [2.24, 2.45) is 0 Å². The molecule has 2 heteroatoms. The number of aryl methyl sites for hydroxylation is 1. The van der Waals surface area contributed by atoms with Gasteiger partial charge in [0.05, 0.1) is 6.61 Å². The summed E-state index contributed by atoms with van der Waals surface area (Å²) in [7, 11) is 2.01. The van der Waals surface area contributed by atoms with E-state index < -0.39 is 0 Å². The van der Waals surface area contributed by atoms with Crippen LogP contribution in [0.5, 0.6) is 5.75 Å². The van der Waals surface area contributed by atoms with Crippen LogP contribution in [0.15, 0.2) is 18.2 Å². The Morgan fingerprint density at radius 1 is 1.53 bits per heavy atom. The van der Waals surface area contributed by atoms with Gasteiger partial charge in [-0.15, -0.1) is 0 Å². The fourth-order valence-electron chi connectivity index (χ4n) is 2.14. The molecule has 1 aliphatic rings. The van der Waals surface area contributed by atoms with Crippen molar-refractivity contribution in [2.45, 2.75) is 32.2 Å². The average molecular weight is 205 g/mol. The number of rotatable bonds is 3. The van der Waals surface area contributed by atoms with E-state index in [1.807, 2.05) is 7.05 Å². The molecular weight excluding hydrogens is 186 g/mol. The number of hydrogen-bond acceptors (Lipinski definition) is 2. The maximum absolute atomic E-state index is 5.68. The molecule has 0 fully saturated rings. The molecule has 2 nitrogen and oxygen atoms in total. The number of hydrogen-bond donors (Lipinski definition) is 1. The topological polar surface area (TPSA) is 21.3 Å². The monoisotopic (exact) mass is 205 g/mol. The Bertz CT molecular complexity index is 348. The molecule has 0 saturated heterocycles. The van der Waals surface area contributed by atoms with Gasteiger partial charge in [-0.05, 0) is 33.4 Å². The highest BCUT2D eigenvalue weighted by atomic mass is 16.5. The fourth-order valence-corrected chi connectivity index (χ4v) is 2.14. The molecule has 2 rings (SSSR count). The van der Waals surface area contributed by atoms with Crippen molar-refractivity contribution in [1.29, 1.82) is 0 Å². The Balaban J connectivity index is 2.16. The summed E-state index contributed by atoms with van der Waals surface area (Å²) in [6.45, 7) is 5.19. The summed E-state index contributed by atoms with van der Waals surface area (Å²) in [4.78, 5) is 0. The molecule has 0 amide bonds. The molecule has 0 bridgehead atoms. The molecule has 0 aromatic heterocycles. The van der Waals surface area contributed by atoms with Crippen LogP contribution in [0.2, 0.25) is 0 Å². The van der Waals surface area contributed by atoms with Crippen molar-refractivity contribution in [3.05, 3.63) is 29.3 Å². The van der Waals surface area contributed by atoms with E-state index >= 15 is 0 Å². The zero-order chi connectivity index (χ0) is 10.8. The number of nitrogens with one attached hydrogen (secondary N) is 1. The molecule has 2 atom stereocenters. The Hall–Kier alpha value is -1.02. The van der Waals surface area contributed by atoms with Gasteiger partial charge in [0.1, 0.15) is 5.75 Å². The zero-order valence-corrected chi connectivity index (χ0v) is 9.71. The Morgan fingerprint density at radius 2 is 2.33 bits per heavy atom. The molecule has 82 valence electrons. The molecular formula is C13H19NO. The van der Waals surface area contributed by atoms with Gasteiger partial charge in [-0.2, -0.15) is 0 Å². The van der Waals surface area contributed by atoms with Crippen molar-refractivity contribution < 1.29 is 4.74 Å². The predicted octanol–water partition coefficient (Wildman–Crippen LogP) is 2.47. The normalized spacial score (nSPS) is 20.9.